The molecule has 0 aliphatic rings. The minimum atomic E-state index is -0.565. The summed E-state index contributed by atoms with van der Waals surface area (Å²) < 4.78 is 0. The Balaban J connectivity index is 2.39. The smallest absolute Gasteiger partial charge is 0.353 e. The van der Waals surface area contributed by atoms with Crippen LogP contribution in [0.4, 0.5) is 23.1 Å². The molecule has 0 radical (unpaired) electrons. The Labute approximate surface area is 113 Å². The Morgan fingerprint density at radius 1 is 1.26 bits per heavy atom. The van der Waals surface area contributed by atoms with E-state index in [4.69, 9.17) is 11.6 Å². The van der Waals surface area contributed by atoms with E-state index in [1.54, 1.807) is 19.2 Å². The van der Waals surface area contributed by atoms with Gasteiger partial charge in [-0.05, 0) is 12.1 Å². The van der Waals surface area contributed by atoms with Gasteiger partial charge in [0.1, 0.15) is 12.1 Å². The van der Waals surface area contributed by atoms with Crippen molar-refractivity contribution < 1.29 is 4.92 Å². The van der Waals surface area contributed by atoms with Crippen molar-refractivity contribution in [1.29, 1.82) is 0 Å². The molecule has 0 saturated carbocycles. The maximum Gasteiger partial charge on any atom is 0.353 e. The molecule has 0 atom stereocenters. The van der Waals surface area contributed by atoms with Crippen LogP contribution in [0.15, 0.2) is 24.7 Å². The number of aromatic nitrogens is 3. The first kappa shape index (κ1) is 13.0. The predicted molar refractivity (Wildman–Crippen MR) is 70.8 cm³/mol. The minimum Gasteiger partial charge on any atom is -0.367 e. The SMILES string of the molecule is CNc1ncnc(Nc2ccc(Cl)cn2)c1[N+](=O)[O-]. The average Bonchev–Trinajstić information content (AvgIpc) is 2.40. The Bertz CT molecular complexity index is 603. The second-order valence-corrected chi connectivity index (χ2v) is 3.85. The summed E-state index contributed by atoms with van der Waals surface area (Å²) in [5, 5.41) is 16.9. The summed E-state index contributed by atoms with van der Waals surface area (Å²) in [6.45, 7) is 0. The van der Waals surface area contributed by atoms with Gasteiger partial charge >= 0.3 is 5.69 Å². The lowest BCUT2D eigenvalue weighted by atomic mass is 10.4. The summed E-state index contributed by atoms with van der Waals surface area (Å²) in [7, 11) is 1.54. The molecule has 0 spiro atoms. The van der Waals surface area contributed by atoms with Crippen molar-refractivity contribution in [3.63, 3.8) is 0 Å². The molecule has 19 heavy (non-hydrogen) atoms. The zero-order valence-corrected chi connectivity index (χ0v) is 10.5. The number of nitrogens with one attached hydrogen (secondary N) is 2. The number of anilines is 3. The zero-order chi connectivity index (χ0) is 13.8. The molecule has 98 valence electrons. The first-order valence-electron chi connectivity index (χ1n) is 5.17. The van der Waals surface area contributed by atoms with Crippen molar-refractivity contribution in [1.82, 2.24) is 15.0 Å². The molecule has 0 unspecified atom stereocenters. The van der Waals surface area contributed by atoms with E-state index in [9.17, 15) is 10.1 Å². The van der Waals surface area contributed by atoms with Crippen LogP contribution in [0.25, 0.3) is 0 Å². The van der Waals surface area contributed by atoms with E-state index in [1.165, 1.54) is 12.5 Å². The quantitative estimate of drug-likeness (QED) is 0.653. The normalized spacial score (nSPS) is 10.0. The molecule has 0 aliphatic heterocycles. The Kier molecular flexibility index (Phi) is 3.71. The minimum absolute atomic E-state index is 0.0548. The molecule has 0 aromatic carbocycles. The van der Waals surface area contributed by atoms with Crippen molar-refractivity contribution in [2.75, 3.05) is 17.7 Å². The van der Waals surface area contributed by atoms with Crippen molar-refractivity contribution in [2.24, 2.45) is 0 Å². The van der Waals surface area contributed by atoms with Crippen LogP contribution in [0.1, 0.15) is 0 Å². The van der Waals surface area contributed by atoms with Crippen LogP contribution in [-0.4, -0.2) is 26.9 Å². The van der Waals surface area contributed by atoms with Gasteiger partial charge in [0.15, 0.2) is 0 Å². The van der Waals surface area contributed by atoms with E-state index in [-0.39, 0.29) is 17.3 Å². The Hall–Kier alpha value is -2.48. The van der Waals surface area contributed by atoms with Crippen LogP contribution < -0.4 is 10.6 Å². The molecular weight excluding hydrogens is 272 g/mol. The number of pyridine rings is 1. The average molecular weight is 281 g/mol. The number of halogens is 1. The number of rotatable bonds is 4. The van der Waals surface area contributed by atoms with E-state index in [2.05, 4.69) is 25.6 Å². The fourth-order valence-electron chi connectivity index (χ4n) is 1.40. The van der Waals surface area contributed by atoms with Gasteiger partial charge in [0.05, 0.1) is 9.95 Å². The molecule has 2 aromatic heterocycles. The second-order valence-electron chi connectivity index (χ2n) is 3.41. The predicted octanol–water partition coefficient (Wildman–Crippen LogP) is 2.22. The molecule has 2 rings (SSSR count). The van der Waals surface area contributed by atoms with Crippen LogP contribution >= 0.6 is 11.6 Å². The topological polar surface area (TPSA) is 106 Å². The van der Waals surface area contributed by atoms with E-state index in [0.29, 0.717) is 10.8 Å². The molecule has 2 aromatic rings. The Morgan fingerprint density at radius 2 is 2.00 bits per heavy atom. The molecule has 0 bridgehead atoms. The lowest BCUT2D eigenvalue weighted by Gasteiger charge is -2.07. The molecule has 9 heteroatoms. The number of hydrogen-bond donors (Lipinski definition) is 2. The summed E-state index contributed by atoms with van der Waals surface area (Å²) in [6, 6.07) is 3.20. The van der Waals surface area contributed by atoms with Gasteiger partial charge in [0, 0.05) is 13.2 Å². The third-order valence-corrected chi connectivity index (χ3v) is 2.44. The lowest BCUT2D eigenvalue weighted by molar-refractivity contribution is -0.383. The summed E-state index contributed by atoms with van der Waals surface area (Å²) in [4.78, 5) is 22.1. The lowest BCUT2D eigenvalue weighted by Crippen LogP contribution is -2.05. The van der Waals surface area contributed by atoms with Crippen LogP contribution in [0.2, 0.25) is 5.02 Å². The summed E-state index contributed by atoms with van der Waals surface area (Å²) in [5.74, 6) is 0.573. The number of nitro groups is 1. The maximum absolute atomic E-state index is 11.0. The van der Waals surface area contributed by atoms with Crippen molar-refractivity contribution in [3.05, 3.63) is 39.8 Å². The molecule has 2 heterocycles. The second kappa shape index (κ2) is 5.44. The number of hydrogen-bond acceptors (Lipinski definition) is 7. The van der Waals surface area contributed by atoms with Crippen LogP contribution in [0.3, 0.4) is 0 Å². The zero-order valence-electron chi connectivity index (χ0n) is 9.79. The third-order valence-electron chi connectivity index (χ3n) is 2.22. The van der Waals surface area contributed by atoms with Gasteiger partial charge in [0.2, 0.25) is 11.6 Å². The molecule has 0 fully saturated rings. The first-order valence-corrected chi connectivity index (χ1v) is 5.55. The maximum atomic E-state index is 11.0. The van der Waals surface area contributed by atoms with E-state index in [0.717, 1.165) is 0 Å². The standard InChI is InChI=1S/C10H9ClN6O2/c1-12-9-8(17(18)19)10(15-5-14-9)16-7-3-2-6(11)4-13-7/h2-5H,1H3,(H2,12,13,14,15,16). The highest BCUT2D eigenvalue weighted by molar-refractivity contribution is 6.30. The highest BCUT2D eigenvalue weighted by Crippen LogP contribution is 2.30. The van der Waals surface area contributed by atoms with Crippen molar-refractivity contribution >= 4 is 34.7 Å². The van der Waals surface area contributed by atoms with E-state index < -0.39 is 4.92 Å². The van der Waals surface area contributed by atoms with E-state index >= 15 is 0 Å². The van der Waals surface area contributed by atoms with Crippen LogP contribution in [0.5, 0.6) is 0 Å². The van der Waals surface area contributed by atoms with Gasteiger partial charge in [-0.3, -0.25) is 10.1 Å². The molecule has 8 nitrogen and oxygen atoms in total. The monoisotopic (exact) mass is 280 g/mol. The number of nitrogens with zero attached hydrogens (tertiary/aromatic N) is 4. The third kappa shape index (κ3) is 2.86. The molecule has 2 N–H and O–H groups in total. The Morgan fingerprint density at radius 3 is 2.58 bits per heavy atom. The van der Waals surface area contributed by atoms with Crippen LogP contribution in [-0.2, 0) is 0 Å². The van der Waals surface area contributed by atoms with Crippen molar-refractivity contribution in [3.8, 4) is 0 Å². The summed E-state index contributed by atoms with van der Waals surface area (Å²) in [6.07, 6.45) is 2.65. The van der Waals surface area contributed by atoms with Crippen LogP contribution in [0, 0.1) is 10.1 Å². The molecular formula is C10H9ClN6O2. The van der Waals surface area contributed by atoms with E-state index in [1.807, 2.05) is 0 Å². The largest absolute Gasteiger partial charge is 0.367 e. The summed E-state index contributed by atoms with van der Waals surface area (Å²) in [5.41, 5.74) is -0.248. The van der Waals surface area contributed by atoms with Gasteiger partial charge in [0.25, 0.3) is 0 Å². The summed E-state index contributed by atoms with van der Waals surface area (Å²) >= 11 is 5.71. The molecule has 0 aliphatic carbocycles. The molecule has 0 amide bonds. The van der Waals surface area contributed by atoms with Gasteiger partial charge in [-0.1, -0.05) is 11.6 Å². The van der Waals surface area contributed by atoms with Gasteiger partial charge in [-0.15, -0.1) is 0 Å². The van der Waals surface area contributed by atoms with Gasteiger partial charge in [-0.2, -0.15) is 0 Å². The van der Waals surface area contributed by atoms with Crippen molar-refractivity contribution in [2.45, 2.75) is 0 Å². The van der Waals surface area contributed by atoms with Gasteiger partial charge < -0.3 is 10.6 Å². The van der Waals surface area contributed by atoms with Gasteiger partial charge in [-0.25, -0.2) is 15.0 Å². The highest BCUT2D eigenvalue weighted by atomic mass is 35.5. The fraction of sp³-hybridized carbons (Fsp3) is 0.100. The molecule has 0 saturated heterocycles. The fourth-order valence-corrected chi connectivity index (χ4v) is 1.51. The first-order chi connectivity index (χ1) is 9.11. The highest BCUT2D eigenvalue weighted by Gasteiger charge is 2.22.